The summed E-state index contributed by atoms with van der Waals surface area (Å²) in [5.41, 5.74) is 5.64. The number of carbonyl (C=O) groups excluding carboxylic acids is 1. The van der Waals surface area contributed by atoms with Crippen LogP contribution < -0.4 is 5.73 Å². The summed E-state index contributed by atoms with van der Waals surface area (Å²) in [7, 11) is 0. The molecule has 0 saturated carbocycles. The normalized spacial score (nSPS) is 12.4. The maximum atomic E-state index is 12.3. The van der Waals surface area contributed by atoms with Gasteiger partial charge in [0.15, 0.2) is 0 Å². The van der Waals surface area contributed by atoms with Crippen molar-refractivity contribution in [2.75, 3.05) is 26.2 Å². The van der Waals surface area contributed by atoms with Gasteiger partial charge in [0.1, 0.15) is 0 Å². The zero-order chi connectivity index (χ0) is 15.9. The molecule has 0 aromatic rings. The number of hydrogen-bond donors (Lipinski definition) is 2. The summed E-state index contributed by atoms with van der Waals surface area (Å²) in [6.07, 6.45) is 9.47. The molecule has 4 nitrogen and oxygen atoms in total. The van der Waals surface area contributed by atoms with E-state index < -0.39 is 0 Å². The fraction of sp³-hybridized carbons (Fsp3) is 0.941. The third kappa shape index (κ3) is 10.7. The first-order valence-electron chi connectivity index (χ1n) is 8.78. The maximum absolute atomic E-state index is 12.3. The molecule has 0 rings (SSSR count). The van der Waals surface area contributed by atoms with Gasteiger partial charge in [-0.25, -0.2) is 0 Å². The molecular formula is C17H36N2O2. The van der Waals surface area contributed by atoms with Crippen molar-refractivity contribution in [3.63, 3.8) is 0 Å². The fourth-order valence-corrected chi connectivity index (χ4v) is 2.77. The van der Waals surface area contributed by atoms with Crippen molar-refractivity contribution >= 4 is 5.91 Å². The van der Waals surface area contributed by atoms with E-state index >= 15 is 0 Å². The quantitative estimate of drug-likeness (QED) is 0.485. The van der Waals surface area contributed by atoms with Gasteiger partial charge in [-0.3, -0.25) is 4.79 Å². The number of nitrogens with two attached hydrogens (primary N) is 1. The predicted octanol–water partition coefficient (Wildman–Crippen LogP) is 2.93. The number of hydrogen-bond acceptors (Lipinski definition) is 3. The van der Waals surface area contributed by atoms with E-state index in [1.54, 1.807) is 0 Å². The molecule has 0 aromatic carbocycles. The van der Waals surface area contributed by atoms with Crippen molar-refractivity contribution in [2.24, 2.45) is 11.7 Å². The van der Waals surface area contributed by atoms with Crippen LogP contribution in [0, 0.1) is 5.92 Å². The van der Waals surface area contributed by atoms with Crippen LogP contribution in [0.3, 0.4) is 0 Å². The highest BCUT2D eigenvalue weighted by atomic mass is 16.3. The molecule has 0 fully saturated rings. The lowest BCUT2D eigenvalue weighted by molar-refractivity contribution is -0.132. The van der Waals surface area contributed by atoms with Crippen molar-refractivity contribution in [1.29, 1.82) is 0 Å². The molecule has 0 heterocycles. The number of carbonyl (C=O) groups is 1. The highest BCUT2D eigenvalue weighted by Crippen LogP contribution is 2.18. The Labute approximate surface area is 131 Å². The van der Waals surface area contributed by atoms with Gasteiger partial charge in [0.05, 0.1) is 6.61 Å². The monoisotopic (exact) mass is 300 g/mol. The molecule has 0 aliphatic heterocycles. The Morgan fingerprint density at radius 2 is 1.81 bits per heavy atom. The second kappa shape index (κ2) is 14.3. The molecule has 21 heavy (non-hydrogen) atoms. The Bertz CT molecular complexity index is 241. The minimum absolute atomic E-state index is 0.0563. The summed E-state index contributed by atoms with van der Waals surface area (Å²) in [4.78, 5) is 14.1. The zero-order valence-electron chi connectivity index (χ0n) is 14.1. The molecule has 1 unspecified atom stereocenters. The van der Waals surface area contributed by atoms with Crippen LogP contribution >= 0.6 is 0 Å². The first kappa shape index (κ1) is 20.4. The summed E-state index contributed by atoms with van der Waals surface area (Å²) in [5, 5.41) is 9.12. The van der Waals surface area contributed by atoms with E-state index in [-0.39, 0.29) is 12.5 Å². The first-order chi connectivity index (χ1) is 10.2. The minimum atomic E-state index is 0.0563. The lowest BCUT2D eigenvalue weighted by Crippen LogP contribution is -2.34. The summed E-state index contributed by atoms with van der Waals surface area (Å²) < 4.78 is 0. The molecule has 0 bridgehead atoms. The fourth-order valence-electron chi connectivity index (χ4n) is 2.77. The molecule has 3 N–H and O–H groups in total. The molecule has 0 radical (unpaired) electrons. The number of amides is 1. The van der Waals surface area contributed by atoms with Gasteiger partial charge >= 0.3 is 0 Å². The van der Waals surface area contributed by atoms with Crippen LogP contribution in [0.4, 0.5) is 0 Å². The molecular weight excluding hydrogens is 264 g/mol. The van der Waals surface area contributed by atoms with E-state index in [4.69, 9.17) is 10.8 Å². The Morgan fingerprint density at radius 1 is 1.05 bits per heavy atom. The highest BCUT2D eigenvalue weighted by molar-refractivity contribution is 5.76. The standard InChI is InChI=1S/C17H36N2O2/c1-3-5-6-7-13-19(14-15-20)17(21)10-9-16(8-4-2)11-12-18/h16,20H,3-15,18H2,1-2H3. The Morgan fingerprint density at radius 3 is 2.38 bits per heavy atom. The Balaban J connectivity index is 4.13. The van der Waals surface area contributed by atoms with Crippen molar-refractivity contribution in [3.8, 4) is 0 Å². The molecule has 0 aliphatic carbocycles. The van der Waals surface area contributed by atoms with Crippen LogP contribution in [-0.2, 0) is 4.79 Å². The average Bonchev–Trinajstić information content (AvgIpc) is 2.48. The van der Waals surface area contributed by atoms with Crippen LogP contribution in [0.5, 0.6) is 0 Å². The van der Waals surface area contributed by atoms with Gasteiger partial charge < -0.3 is 15.7 Å². The van der Waals surface area contributed by atoms with E-state index in [0.29, 0.717) is 25.4 Å². The lowest BCUT2D eigenvalue weighted by atomic mass is 9.94. The largest absolute Gasteiger partial charge is 0.395 e. The molecule has 4 heteroatoms. The van der Waals surface area contributed by atoms with Gasteiger partial charge in [-0.05, 0) is 31.7 Å². The average molecular weight is 300 g/mol. The van der Waals surface area contributed by atoms with Crippen LogP contribution in [0.15, 0.2) is 0 Å². The first-order valence-corrected chi connectivity index (χ1v) is 8.78. The summed E-state index contributed by atoms with van der Waals surface area (Å²) >= 11 is 0. The number of rotatable bonds is 14. The summed E-state index contributed by atoms with van der Waals surface area (Å²) in [6, 6.07) is 0. The maximum Gasteiger partial charge on any atom is 0.222 e. The van der Waals surface area contributed by atoms with Gasteiger partial charge in [-0.15, -0.1) is 0 Å². The van der Waals surface area contributed by atoms with Crippen molar-refractivity contribution < 1.29 is 9.90 Å². The van der Waals surface area contributed by atoms with Crippen LogP contribution in [0.25, 0.3) is 0 Å². The third-order valence-corrected chi connectivity index (χ3v) is 4.04. The van der Waals surface area contributed by atoms with Crippen LogP contribution in [0.2, 0.25) is 0 Å². The van der Waals surface area contributed by atoms with Gasteiger partial charge in [-0.1, -0.05) is 46.0 Å². The van der Waals surface area contributed by atoms with Crippen molar-refractivity contribution in [3.05, 3.63) is 0 Å². The molecule has 0 aliphatic rings. The number of unbranched alkanes of at least 4 members (excludes halogenated alkanes) is 3. The van der Waals surface area contributed by atoms with Crippen molar-refractivity contribution in [2.45, 2.75) is 71.6 Å². The highest BCUT2D eigenvalue weighted by Gasteiger charge is 2.15. The van der Waals surface area contributed by atoms with Crippen LogP contribution in [-0.4, -0.2) is 42.2 Å². The minimum Gasteiger partial charge on any atom is -0.395 e. The molecule has 0 aromatic heterocycles. The topological polar surface area (TPSA) is 66.6 Å². The van der Waals surface area contributed by atoms with E-state index in [2.05, 4.69) is 13.8 Å². The zero-order valence-corrected chi connectivity index (χ0v) is 14.1. The molecule has 1 atom stereocenters. The second-order valence-corrected chi connectivity index (χ2v) is 5.94. The molecule has 1 amide bonds. The van der Waals surface area contributed by atoms with Gasteiger partial charge in [-0.2, -0.15) is 0 Å². The van der Waals surface area contributed by atoms with E-state index in [9.17, 15) is 4.79 Å². The Hall–Kier alpha value is -0.610. The SMILES string of the molecule is CCCCCCN(CCO)C(=O)CCC(CCC)CCN. The molecule has 0 spiro atoms. The molecule has 0 saturated heterocycles. The third-order valence-electron chi connectivity index (χ3n) is 4.04. The summed E-state index contributed by atoms with van der Waals surface area (Å²) in [5.74, 6) is 0.763. The van der Waals surface area contributed by atoms with E-state index in [0.717, 1.165) is 45.1 Å². The number of nitrogens with zero attached hydrogens (tertiary/aromatic N) is 1. The van der Waals surface area contributed by atoms with Gasteiger partial charge in [0, 0.05) is 19.5 Å². The summed E-state index contributed by atoms with van der Waals surface area (Å²) in [6.45, 7) is 6.38. The van der Waals surface area contributed by atoms with E-state index in [1.807, 2.05) is 4.90 Å². The number of aliphatic hydroxyl groups excluding tert-OH is 1. The van der Waals surface area contributed by atoms with Crippen LogP contribution in [0.1, 0.15) is 71.6 Å². The number of aliphatic hydroxyl groups is 1. The Kier molecular flexibility index (Phi) is 13.9. The second-order valence-electron chi connectivity index (χ2n) is 5.94. The van der Waals surface area contributed by atoms with Crippen molar-refractivity contribution in [1.82, 2.24) is 4.90 Å². The van der Waals surface area contributed by atoms with E-state index in [1.165, 1.54) is 12.8 Å². The lowest BCUT2D eigenvalue weighted by Gasteiger charge is -2.23. The molecule has 126 valence electrons. The predicted molar refractivity (Wildman–Crippen MR) is 89.1 cm³/mol. The smallest absolute Gasteiger partial charge is 0.222 e. The van der Waals surface area contributed by atoms with Gasteiger partial charge in [0.25, 0.3) is 0 Å². The van der Waals surface area contributed by atoms with Gasteiger partial charge in [0.2, 0.25) is 5.91 Å².